The van der Waals surface area contributed by atoms with Gasteiger partial charge in [-0.3, -0.25) is 10.6 Å². The van der Waals surface area contributed by atoms with E-state index in [0.29, 0.717) is 6.54 Å². The minimum atomic E-state index is 0.688. The van der Waals surface area contributed by atoms with Gasteiger partial charge in [0, 0.05) is 0 Å². The highest BCUT2D eigenvalue weighted by Gasteiger charge is 1.77. The van der Waals surface area contributed by atoms with Crippen LogP contribution < -0.4 is 10.6 Å². The molecule has 0 bridgehead atoms. The monoisotopic (exact) mass is 99.1 g/mol. The van der Waals surface area contributed by atoms with E-state index in [1.807, 2.05) is 6.92 Å². The van der Waals surface area contributed by atoms with Crippen molar-refractivity contribution in [3.8, 4) is 0 Å². The molecule has 0 unspecified atom stereocenters. The lowest BCUT2D eigenvalue weighted by Crippen LogP contribution is -2.21. The highest BCUT2D eigenvalue weighted by Crippen LogP contribution is 1.57. The lowest BCUT2D eigenvalue weighted by Gasteiger charge is -1.95. The Hall–Kier alpha value is -0.0800. The van der Waals surface area contributed by atoms with Crippen molar-refractivity contribution < 1.29 is 0 Å². The molecule has 0 rings (SSSR count). The Bertz CT molecular complexity index is 25.3. The third kappa shape index (κ3) is 5.92. The van der Waals surface area contributed by atoms with Crippen molar-refractivity contribution in [3.05, 3.63) is 13.6 Å². The van der Waals surface area contributed by atoms with Crippen molar-refractivity contribution in [2.45, 2.75) is 6.92 Å². The molecule has 0 aliphatic rings. The SMILES string of the molecule is [CH2]CN[C]NCC. The normalized spacial score (nSPS) is 9.43. The predicted molar refractivity (Wildman–Crippen MR) is 30.3 cm³/mol. The quantitative estimate of drug-likeness (QED) is 0.383. The first-order valence-corrected chi connectivity index (χ1v) is 2.41. The summed E-state index contributed by atoms with van der Waals surface area (Å²) in [6, 6.07) is 0. The summed E-state index contributed by atoms with van der Waals surface area (Å²) in [5, 5.41) is 5.62. The van der Waals surface area contributed by atoms with Crippen LogP contribution in [0, 0.1) is 13.6 Å². The molecular formula is C5H11N2. The molecule has 2 nitrogen and oxygen atoms in total. The van der Waals surface area contributed by atoms with Gasteiger partial charge >= 0.3 is 0 Å². The summed E-state index contributed by atoms with van der Waals surface area (Å²) < 4.78 is 0. The predicted octanol–water partition coefficient (Wildman–Crippen LogP) is 0.0159. The van der Waals surface area contributed by atoms with Gasteiger partial charge < -0.3 is 0 Å². The molecule has 0 aromatic rings. The van der Waals surface area contributed by atoms with Gasteiger partial charge in [-0.15, -0.1) is 0 Å². The van der Waals surface area contributed by atoms with Gasteiger partial charge in [-0.25, -0.2) is 0 Å². The summed E-state index contributed by atoms with van der Waals surface area (Å²) in [7, 11) is 0. The van der Waals surface area contributed by atoms with Crippen molar-refractivity contribution in [3.63, 3.8) is 0 Å². The van der Waals surface area contributed by atoms with Crippen molar-refractivity contribution in [1.29, 1.82) is 0 Å². The number of hydrogen-bond donors (Lipinski definition) is 2. The number of rotatable bonds is 4. The van der Waals surface area contributed by atoms with Gasteiger partial charge in [0.05, 0.1) is 0 Å². The summed E-state index contributed by atoms with van der Waals surface area (Å²) in [5.74, 6) is 0. The Morgan fingerprint density at radius 1 is 1.57 bits per heavy atom. The zero-order valence-corrected chi connectivity index (χ0v) is 4.62. The molecule has 0 spiro atoms. The van der Waals surface area contributed by atoms with E-state index in [4.69, 9.17) is 0 Å². The molecule has 0 heterocycles. The molecule has 0 atom stereocenters. The van der Waals surface area contributed by atoms with Gasteiger partial charge in [-0.1, -0.05) is 6.92 Å². The van der Waals surface area contributed by atoms with Crippen molar-refractivity contribution in [2.24, 2.45) is 0 Å². The zero-order valence-electron chi connectivity index (χ0n) is 4.62. The Balaban J connectivity index is 2.45. The minimum absolute atomic E-state index is 0.688. The first kappa shape index (κ1) is 6.92. The fraction of sp³-hybridized carbons (Fsp3) is 0.600. The van der Waals surface area contributed by atoms with Crippen LogP contribution in [0.5, 0.6) is 0 Å². The molecule has 2 N–H and O–H groups in total. The van der Waals surface area contributed by atoms with Crippen LogP contribution in [0.2, 0.25) is 0 Å². The second kappa shape index (κ2) is 5.92. The Kier molecular flexibility index (Phi) is 5.85. The molecule has 0 fully saturated rings. The molecule has 2 heteroatoms. The number of hydrogen-bond acceptors (Lipinski definition) is 2. The minimum Gasteiger partial charge on any atom is -0.294 e. The lowest BCUT2D eigenvalue weighted by molar-refractivity contribution is 0.728. The first-order valence-electron chi connectivity index (χ1n) is 2.41. The van der Waals surface area contributed by atoms with Gasteiger partial charge in [0.15, 0.2) is 0 Å². The maximum absolute atomic E-state index is 3.54. The summed E-state index contributed by atoms with van der Waals surface area (Å²) in [5.41, 5.74) is 0. The van der Waals surface area contributed by atoms with Crippen LogP contribution in [-0.2, 0) is 0 Å². The van der Waals surface area contributed by atoms with Crippen LogP contribution in [0.15, 0.2) is 0 Å². The van der Waals surface area contributed by atoms with Crippen LogP contribution in [0.1, 0.15) is 6.92 Å². The van der Waals surface area contributed by atoms with E-state index < -0.39 is 0 Å². The Morgan fingerprint density at radius 3 is 2.71 bits per heavy atom. The summed E-state index contributed by atoms with van der Waals surface area (Å²) >= 11 is 0. The van der Waals surface area contributed by atoms with Crippen LogP contribution in [0.25, 0.3) is 0 Å². The van der Waals surface area contributed by atoms with Crippen LogP contribution in [0.4, 0.5) is 0 Å². The van der Waals surface area contributed by atoms with Gasteiger partial charge in [-0.2, -0.15) is 0 Å². The zero-order chi connectivity index (χ0) is 5.54. The van der Waals surface area contributed by atoms with Crippen molar-refractivity contribution in [1.82, 2.24) is 10.6 Å². The number of nitrogens with one attached hydrogen (secondary N) is 2. The van der Waals surface area contributed by atoms with Crippen molar-refractivity contribution >= 4 is 0 Å². The van der Waals surface area contributed by atoms with Gasteiger partial charge in [-0.05, 0) is 20.0 Å². The highest BCUT2D eigenvalue weighted by atomic mass is 15.0. The molecule has 0 aliphatic carbocycles. The van der Waals surface area contributed by atoms with Gasteiger partial charge in [0.25, 0.3) is 0 Å². The molecule has 0 aromatic carbocycles. The lowest BCUT2D eigenvalue weighted by atomic mass is 10.7. The van der Waals surface area contributed by atoms with E-state index >= 15 is 0 Å². The maximum atomic E-state index is 3.54. The largest absolute Gasteiger partial charge is 0.294 e. The molecule has 0 aromatic heterocycles. The second-order valence-corrected chi connectivity index (χ2v) is 1.08. The summed E-state index contributed by atoms with van der Waals surface area (Å²) in [4.78, 5) is 0. The highest BCUT2D eigenvalue weighted by molar-refractivity contribution is 4.56. The molecule has 0 saturated heterocycles. The molecule has 41 valence electrons. The Morgan fingerprint density at radius 2 is 2.29 bits per heavy atom. The third-order valence-corrected chi connectivity index (χ3v) is 0.479. The van der Waals surface area contributed by atoms with E-state index in [2.05, 4.69) is 24.2 Å². The van der Waals surface area contributed by atoms with Gasteiger partial charge in [0.2, 0.25) is 0 Å². The molecule has 0 saturated carbocycles. The second-order valence-electron chi connectivity index (χ2n) is 1.08. The average molecular weight is 99.2 g/mol. The fourth-order valence-electron chi connectivity index (χ4n) is 0.213. The molecule has 0 amide bonds. The van der Waals surface area contributed by atoms with E-state index in [9.17, 15) is 0 Å². The Labute approximate surface area is 45.3 Å². The standard InChI is InChI=1S/C5H11N2/c1-3-6-5-7-4-2/h6-7H,1,3-4H2,2H3. The third-order valence-electron chi connectivity index (χ3n) is 0.479. The summed E-state index contributed by atoms with van der Waals surface area (Å²) in [6.45, 7) is 9.88. The molecule has 3 radical (unpaired) electrons. The molecular weight excluding hydrogens is 88.1 g/mol. The van der Waals surface area contributed by atoms with Crippen LogP contribution in [-0.4, -0.2) is 13.1 Å². The average Bonchev–Trinajstić information content (AvgIpc) is 1.69. The molecule has 7 heavy (non-hydrogen) atoms. The maximum Gasteiger partial charge on any atom is 0.140 e. The van der Waals surface area contributed by atoms with E-state index in [0.717, 1.165) is 6.54 Å². The first-order chi connectivity index (χ1) is 3.41. The van der Waals surface area contributed by atoms with E-state index in [-0.39, 0.29) is 0 Å². The smallest absolute Gasteiger partial charge is 0.140 e. The topological polar surface area (TPSA) is 24.1 Å². The fourth-order valence-corrected chi connectivity index (χ4v) is 0.213. The van der Waals surface area contributed by atoms with Crippen molar-refractivity contribution in [2.75, 3.05) is 13.1 Å². The summed E-state index contributed by atoms with van der Waals surface area (Å²) in [6.07, 6.45) is 0. The van der Waals surface area contributed by atoms with Gasteiger partial charge in [0.1, 0.15) is 6.67 Å². The van der Waals surface area contributed by atoms with E-state index in [1.165, 1.54) is 0 Å². The van der Waals surface area contributed by atoms with E-state index in [1.54, 1.807) is 0 Å². The van der Waals surface area contributed by atoms with Crippen LogP contribution in [0.3, 0.4) is 0 Å². The van der Waals surface area contributed by atoms with Crippen LogP contribution >= 0.6 is 0 Å². The molecule has 0 aliphatic heterocycles.